The van der Waals surface area contributed by atoms with Gasteiger partial charge in [0.2, 0.25) is 0 Å². The van der Waals surface area contributed by atoms with Gasteiger partial charge in [0.25, 0.3) is 0 Å². The van der Waals surface area contributed by atoms with Gasteiger partial charge in [-0.15, -0.1) is 11.6 Å². The first-order chi connectivity index (χ1) is 10.1. The van der Waals surface area contributed by atoms with E-state index in [0.29, 0.717) is 16.6 Å². The molecule has 21 heavy (non-hydrogen) atoms. The molecule has 0 fully saturated rings. The Kier molecular flexibility index (Phi) is 3.74. The number of aromatic nitrogens is 3. The molecule has 2 aromatic heterocycles. The van der Waals surface area contributed by atoms with E-state index in [1.54, 1.807) is 13.2 Å². The second-order valence-electron chi connectivity index (χ2n) is 4.61. The van der Waals surface area contributed by atoms with E-state index >= 15 is 0 Å². The van der Waals surface area contributed by atoms with Crippen molar-refractivity contribution in [3.05, 3.63) is 46.9 Å². The Morgan fingerprint density at radius 3 is 2.71 bits per heavy atom. The van der Waals surface area contributed by atoms with Gasteiger partial charge < -0.3 is 4.74 Å². The van der Waals surface area contributed by atoms with Crippen molar-refractivity contribution in [2.24, 2.45) is 0 Å². The monoisotopic (exact) mass is 321 g/mol. The summed E-state index contributed by atoms with van der Waals surface area (Å²) in [5.41, 5.74) is 3.22. The minimum Gasteiger partial charge on any atom is -0.495 e. The lowest BCUT2D eigenvalue weighted by atomic mass is 10.2. The van der Waals surface area contributed by atoms with Crippen molar-refractivity contribution >= 4 is 34.4 Å². The minimum atomic E-state index is 0.269. The Morgan fingerprint density at radius 2 is 2.00 bits per heavy atom. The van der Waals surface area contributed by atoms with Crippen LogP contribution in [-0.2, 0) is 5.88 Å². The molecule has 3 rings (SSSR count). The van der Waals surface area contributed by atoms with Crippen molar-refractivity contribution in [1.29, 1.82) is 0 Å². The zero-order chi connectivity index (χ0) is 15.0. The molecule has 1 aromatic carbocycles. The van der Waals surface area contributed by atoms with Gasteiger partial charge in [0.1, 0.15) is 17.1 Å². The summed E-state index contributed by atoms with van der Waals surface area (Å²) >= 11 is 12.2. The number of rotatable bonds is 3. The molecule has 0 saturated carbocycles. The highest BCUT2D eigenvalue weighted by Crippen LogP contribution is 2.30. The molecule has 0 aliphatic rings. The van der Waals surface area contributed by atoms with Crippen LogP contribution in [0, 0.1) is 6.92 Å². The number of benzene rings is 1. The number of halogens is 2. The number of hydrogen-bond acceptors (Lipinski definition) is 3. The number of hydrogen-bond donors (Lipinski definition) is 0. The highest BCUT2D eigenvalue weighted by Gasteiger charge is 2.16. The Morgan fingerprint density at radius 1 is 1.19 bits per heavy atom. The molecular formula is C15H13Cl2N3O. The van der Waals surface area contributed by atoms with Crippen molar-refractivity contribution in [1.82, 2.24) is 14.5 Å². The molecule has 108 valence electrons. The fourth-order valence-electron chi connectivity index (χ4n) is 2.28. The third kappa shape index (κ3) is 2.45. The molecule has 6 heteroatoms. The van der Waals surface area contributed by atoms with Gasteiger partial charge in [0.05, 0.1) is 18.7 Å². The van der Waals surface area contributed by atoms with Gasteiger partial charge in [-0.1, -0.05) is 11.6 Å². The first-order valence-corrected chi connectivity index (χ1v) is 7.30. The summed E-state index contributed by atoms with van der Waals surface area (Å²) in [7, 11) is 1.62. The summed E-state index contributed by atoms with van der Waals surface area (Å²) in [5, 5.41) is 0.612. The lowest BCUT2D eigenvalue weighted by Gasteiger charge is -2.12. The minimum absolute atomic E-state index is 0.269. The topological polar surface area (TPSA) is 39.9 Å². The largest absolute Gasteiger partial charge is 0.495 e. The zero-order valence-electron chi connectivity index (χ0n) is 11.6. The summed E-state index contributed by atoms with van der Waals surface area (Å²) in [6, 6.07) is 9.27. The van der Waals surface area contributed by atoms with Crippen LogP contribution >= 0.6 is 23.2 Å². The van der Waals surface area contributed by atoms with Gasteiger partial charge in [-0.3, -0.25) is 4.57 Å². The maximum absolute atomic E-state index is 6.13. The van der Waals surface area contributed by atoms with E-state index in [2.05, 4.69) is 9.97 Å². The molecular weight excluding hydrogens is 309 g/mol. The summed E-state index contributed by atoms with van der Waals surface area (Å²) in [6.45, 7) is 1.94. The van der Waals surface area contributed by atoms with Gasteiger partial charge in [0, 0.05) is 10.7 Å². The number of imidazole rings is 1. The quantitative estimate of drug-likeness (QED) is 0.681. The average Bonchev–Trinajstić information content (AvgIpc) is 2.84. The van der Waals surface area contributed by atoms with Gasteiger partial charge in [0.15, 0.2) is 5.65 Å². The summed E-state index contributed by atoms with van der Waals surface area (Å²) in [5.74, 6) is 1.66. The summed E-state index contributed by atoms with van der Waals surface area (Å²) in [6.07, 6.45) is 0. The smallest absolute Gasteiger partial charge is 0.165 e. The average molecular weight is 322 g/mol. The first kappa shape index (κ1) is 14.2. The summed E-state index contributed by atoms with van der Waals surface area (Å²) in [4.78, 5) is 9.09. The fourth-order valence-corrected chi connectivity index (χ4v) is 2.63. The van der Waals surface area contributed by atoms with Gasteiger partial charge in [-0.05, 0) is 37.3 Å². The SMILES string of the molecule is COc1ccc(Cl)cc1-n1c(CCl)nc2ccc(C)nc21. The van der Waals surface area contributed by atoms with E-state index in [4.69, 9.17) is 27.9 Å². The standard InChI is InChI=1S/C15H13Cl2N3O/c1-9-3-5-11-15(18-9)20(14(8-16)19-11)12-7-10(17)4-6-13(12)21-2/h3-7H,8H2,1-2H3. The van der Waals surface area contributed by atoms with Crippen LogP contribution in [0.25, 0.3) is 16.9 Å². The second-order valence-corrected chi connectivity index (χ2v) is 5.31. The third-order valence-corrected chi connectivity index (χ3v) is 3.69. The lowest BCUT2D eigenvalue weighted by molar-refractivity contribution is 0.413. The molecule has 0 aliphatic heterocycles. The Hall–Kier alpha value is -1.78. The maximum Gasteiger partial charge on any atom is 0.165 e. The van der Waals surface area contributed by atoms with E-state index in [1.165, 1.54) is 0 Å². The van der Waals surface area contributed by atoms with Crippen LogP contribution in [0.1, 0.15) is 11.5 Å². The van der Waals surface area contributed by atoms with Crippen molar-refractivity contribution in [2.75, 3.05) is 7.11 Å². The molecule has 3 aromatic rings. The van der Waals surface area contributed by atoms with E-state index in [9.17, 15) is 0 Å². The number of fused-ring (bicyclic) bond motifs is 1. The Bertz CT molecular complexity index is 814. The van der Waals surface area contributed by atoms with Crippen LogP contribution in [0.2, 0.25) is 5.02 Å². The molecule has 0 saturated heterocycles. The van der Waals surface area contributed by atoms with Crippen molar-refractivity contribution in [3.63, 3.8) is 0 Å². The predicted molar refractivity (Wildman–Crippen MR) is 84.7 cm³/mol. The molecule has 0 spiro atoms. The van der Waals surface area contributed by atoms with E-state index < -0.39 is 0 Å². The number of aryl methyl sites for hydroxylation is 1. The van der Waals surface area contributed by atoms with Crippen LogP contribution in [0.3, 0.4) is 0 Å². The van der Waals surface area contributed by atoms with Crippen molar-refractivity contribution in [2.45, 2.75) is 12.8 Å². The molecule has 4 nitrogen and oxygen atoms in total. The molecule has 0 radical (unpaired) electrons. The lowest BCUT2D eigenvalue weighted by Crippen LogP contribution is -2.03. The van der Waals surface area contributed by atoms with Crippen LogP contribution in [-0.4, -0.2) is 21.6 Å². The van der Waals surface area contributed by atoms with Crippen molar-refractivity contribution < 1.29 is 4.74 Å². The molecule has 0 aliphatic carbocycles. The van der Waals surface area contributed by atoms with E-state index in [1.807, 2.05) is 35.8 Å². The van der Waals surface area contributed by atoms with Gasteiger partial charge in [-0.25, -0.2) is 9.97 Å². The molecule has 0 bridgehead atoms. The van der Waals surface area contributed by atoms with E-state index in [-0.39, 0.29) is 5.88 Å². The summed E-state index contributed by atoms with van der Waals surface area (Å²) < 4.78 is 7.31. The second kappa shape index (κ2) is 5.54. The molecule has 0 atom stereocenters. The highest BCUT2D eigenvalue weighted by atomic mass is 35.5. The normalized spacial score (nSPS) is 11.0. The van der Waals surface area contributed by atoms with Gasteiger partial charge in [-0.2, -0.15) is 0 Å². The van der Waals surface area contributed by atoms with Crippen LogP contribution in [0.4, 0.5) is 0 Å². The number of pyridine rings is 1. The van der Waals surface area contributed by atoms with Crippen molar-refractivity contribution in [3.8, 4) is 11.4 Å². The molecule has 0 unspecified atom stereocenters. The Balaban J connectivity index is 2.38. The van der Waals surface area contributed by atoms with E-state index in [0.717, 1.165) is 22.5 Å². The molecule has 2 heterocycles. The number of ether oxygens (including phenoxy) is 1. The molecule has 0 amide bonds. The number of alkyl halides is 1. The van der Waals surface area contributed by atoms with Crippen LogP contribution in [0.15, 0.2) is 30.3 Å². The predicted octanol–water partition coefficient (Wildman–Crippen LogP) is 4.13. The van der Waals surface area contributed by atoms with Gasteiger partial charge >= 0.3 is 0 Å². The van der Waals surface area contributed by atoms with Crippen LogP contribution < -0.4 is 4.74 Å². The molecule has 0 N–H and O–H groups in total. The number of nitrogens with zero attached hydrogens (tertiary/aromatic N) is 3. The van der Waals surface area contributed by atoms with Crippen LogP contribution in [0.5, 0.6) is 5.75 Å². The highest BCUT2D eigenvalue weighted by molar-refractivity contribution is 6.30. The number of methoxy groups -OCH3 is 1. The third-order valence-electron chi connectivity index (χ3n) is 3.21. The first-order valence-electron chi connectivity index (χ1n) is 6.39. The fraction of sp³-hybridized carbons (Fsp3) is 0.200. The maximum atomic E-state index is 6.13. The zero-order valence-corrected chi connectivity index (χ0v) is 13.1. The Labute approximate surface area is 132 Å².